The van der Waals surface area contributed by atoms with Crippen LogP contribution in [0.15, 0.2) is 89.3 Å². The Bertz CT molecular complexity index is 1580. The fourth-order valence-electron chi connectivity index (χ4n) is 3.54. The first kappa shape index (κ1) is 25.3. The summed E-state index contributed by atoms with van der Waals surface area (Å²) in [5, 5.41) is 0.940. The number of aromatic nitrogens is 1. The van der Waals surface area contributed by atoms with Crippen LogP contribution in [0.5, 0.6) is 0 Å². The van der Waals surface area contributed by atoms with Crippen LogP contribution in [-0.2, 0) is 23.1 Å². The predicted molar refractivity (Wildman–Crippen MR) is 141 cm³/mol. The molecule has 1 heterocycles. The Morgan fingerprint density at radius 2 is 1.80 bits per heavy atom. The van der Waals surface area contributed by atoms with Crippen LogP contribution in [0.1, 0.15) is 15.9 Å². The Hall–Kier alpha value is -2.75. The van der Waals surface area contributed by atoms with Crippen LogP contribution < -0.4 is 4.80 Å². The maximum absolute atomic E-state index is 13.0. The molecule has 4 rings (SSSR count). The molecule has 0 saturated carbocycles. The first-order valence-electron chi connectivity index (χ1n) is 10.5. The number of allylic oxidation sites excluding steroid dienone is 1. The maximum Gasteiger partial charge on any atom is 0.279 e. The van der Waals surface area contributed by atoms with Crippen molar-refractivity contribution in [2.45, 2.75) is 18.0 Å². The van der Waals surface area contributed by atoms with Gasteiger partial charge in [-0.1, -0.05) is 70.9 Å². The van der Waals surface area contributed by atoms with E-state index in [1.807, 2.05) is 30.3 Å². The van der Waals surface area contributed by atoms with Crippen LogP contribution in [0.25, 0.3) is 10.2 Å². The molecule has 4 aromatic rings. The fraction of sp³-hybridized carbons (Fsp3) is 0.120. The maximum atomic E-state index is 13.0. The van der Waals surface area contributed by atoms with E-state index in [-0.39, 0.29) is 17.0 Å². The zero-order chi connectivity index (χ0) is 25.2. The highest BCUT2D eigenvalue weighted by molar-refractivity contribution is 7.89. The van der Waals surface area contributed by atoms with Crippen LogP contribution in [0.2, 0.25) is 10.0 Å². The van der Waals surface area contributed by atoms with Crippen LogP contribution in [0.3, 0.4) is 0 Å². The van der Waals surface area contributed by atoms with E-state index in [0.717, 1.165) is 15.8 Å². The van der Waals surface area contributed by atoms with E-state index in [1.54, 1.807) is 22.8 Å². The Labute approximate surface area is 217 Å². The average Bonchev–Trinajstić information content (AvgIpc) is 3.16. The lowest BCUT2D eigenvalue weighted by Gasteiger charge is -2.17. The lowest BCUT2D eigenvalue weighted by Crippen LogP contribution is -2.26. The SMILES string of the molecule is C=CCn1c(=NC(=O)c2ccc(S(=O)(=O)N(C)Cc3ccccc3)cc2)sc2cc(Cl)cc(Cl)c21. The summed E-state index contributed by atoms with van der Waals surface area (Å²) in [6.45, 7) is 4.41. The zero-order valence-corrected chi connectivity index (χ0v) is 21.8. The highest BCUT2D eigenvalue weighted by atomic mass is 35.5. The highest BCUT2D eigenvalue weighted by Crippen LogP contribution is 2.29. The molecule has 0 bridgehead atoms. The highest BCUT2D eigenvalue weighted by Gasteiger charge is 2.21. The van der Waals surface area contributed by atoms with Gasteiger partial charge in [0.05, 0.1) is 20.1 Å². The largest absolute Gasteiger partial charge is 0.311 e. The molecule has 0 N–H and O–H groups in total. The van der Waals surface area contributed by atoms with Crippen LogP contribution in [0.4, 0.5) is 0 Å². The van der Waals surface area contributed by atoms with Gasteiger partial charge in [-0.25, -0.2) is 8.42 Å². The van der Waals surface area contributed by atoms with E-state index in [0.29, 0.717) is 21.4 Å². The number of thiazole rings is 1. The molecule has 0 aliphatic heterocycles. The zero-order valence-electron chi connectivity index (χ0n) is 18.7. The minimum Gasteiger partial charge on any atom is -0.311 e. The number of fused-ring (bicyclic) bond motifs is 1. The van der Waals surface area contributed by atoms with E-state index in [1.165, 1.54) is 47.0 Å². The van der Waals surface area contributed by atoms with E-state index in [4.69, 9.17) is 23.2 Å². The fourth-order valence-corrected chi connectivity index (χ4v) is 6.52. The molecular formula is C25H21Cl2N3O3S2. The number of carbonyl (C=O) groups is 1. The summed E-state index contributed by atoms with van der Waals surface area (Å²) in [4.78, 5) is 17.7. The van der Waals surface area contributed by atoms with Gasteiger partial charge in [-0.05, 0) is 42.0 Å². The van der Waals surface area contributed by atoms with Gasteiger partial charge in [0.1, 0.15) is 0 Å². The van der Waals surface area contributed by atoms with E-state index >= 15 is 0 Å². The molecule has 0 spiro atoms. The molecule has 6 nitrogen and oxygen atoms in total. The Morgan fingerprint density at radius 3 is 2.46 bits per heavy atom. The number of hydrogen-bond donors (Lipinski definition) is 0. The molecule has 0 fully saturated rings. The lowest BCUT2D eigenvalue weighted by atomic mass is 10.2. The Balaban J connectivity index is 1.63. The van der Waals surface area contributed by atoms with Gasteiger partial charge < -0.3 is 4.57 Å². The summed E-state index contributed by atoms with van der Waals surface area (Å²) < 4.78 is 29.8. The number of benzene rings is 3. The van der Waals surface area contributed by atoms with Crippen molar-refractivity contribution in [2.24, 2.45) is 4.99 Å². The molecule has 1 amide bonds. The van der Waals surface area contributed by atoms with Crippen molar-refractivity contribution in [3.63, 3.8) is 0 Å². The standard InChI is InChI=1S/C25H21Cl2N3O3S2/c1-3-13-30-23-21(27)14-19(26)15-22(23)34-25(30)28-24(31)18-9-11-20(12-10-18)35(32,33)29(2)16-17-7-5-4-6-8-17/h3-12,14-15H,1,13,16H2,2H3. The molecule has 1 aromatic heterocycles. The quantitative estimate of drug-likeness (QED) is 0.277. The van der Waals surface area contributed by atoms with Gasteiger partial charge in [-0.3, -0.25) is 4.79 Å². The van der Waals surface area contributed by atoms with Gasteiger partial charge in [0.15, 0.2) is 4.80 Å². The second-order valence-electron chi connectivity index (χ2n) is 7.71. The summed E-state index contributed by atoms with van der Waals surface area (Å²) in [6.07, 6.45) is 1.69. The topological polar surface area (TPSA) is 71.7 Å². The number of sulfonamides is 1. The van der Waals surface area contributed by atoms with Crippen molar-refractivity contribution < 1.29 is 13.2 Å². The van der Waals surface area contributed by atoms with Crippen LogP contribution in [-0.4, -0.2) is 30.2 Å². The summed E-state index contributed by atoms with van der Waals surface area (Å²) in [5.74, 6) is -0.502. The van der Waals surface area contributed by atoms with Crippen molar-refractivity contribution >= 4 is 60.7 Å². The molecule has 3 aromatic carbocycles. The minimum absolute atomic E-state index is 0.0949. The third-order valence-electron chi connectivity index (χ3n) is 5.26. The van der Waals surface area contributed by atoms with Gasteiger partial charge in [-0.15, -0.1) is 6.58 Å². The van der Waals surface area contributed by atoms with Gasteiger partial charge in [0.2, 0.25) is 10.0 Å². The summed E-state index contributed by atoms with van der Waals surface area (Å²) in [7, 11) is -2.21. The molecule has 0 atom stereocenters. The second kappa shape index (κ2) is 10.5. The van der Waals surface area contributed by atoms with Gasteiger partial charge in [0, 0.05) is 30.7 Å². The van der Waals surface area contributed by atoms with Crippen molar-refractivity contribution in [3.05, 3.63) is 105 Å². The first-order chi connectivity index (χ1) is 16.7. The molecule has 0 aliphatic rings. The molecular weight excluding hydrogens is 525 g/mol. The number of hydrogen-bond acceptors (Lipinski definition) is 4. The Kier molecular flexibility index (Phi) is 7.59. The Morgan fingerprint density at radius 1 is 1.11 bits per heavy atom. The minimum atomic E-state index is -3.73. The molecule has 35 heavy (non-hydrogen) atoms. The molecule has 0 unspecified atom stereocenters. The normalized spacial score (nSPS) is 12.4. The third-order valence-corrected chi connectivity index (χ3v) is 8.61. The first-order valence-corrected chi connectivity index (χ1v) is 13.5. The summed E-state index contributed by atoms with van der Waals surface area (Å²) in [6, 6.07) is 18.5. The lowest BCUT2D eigenvalue weighted by molar-refractivity contribution is 0.0998. The van der Waals surface area contributed by atoms with Crippen molar-refractivity contribution in [3.8, 4) is 0 Å². The molecule has 0 saturated heterocycles. The van der Waals surface area contributed by atoms with Crippen LogP contribution >= 0.6 is 34.5 Å². The average molecular weight is 547 g/mol. The van der Waals surface area contributed by atoms with Gasteiger partial charge >= 0.3 is 0 Å². The molecule has 10 heteroatoms. The number of halogens is 2. The predicted octanol–water partition coefficient (Wildman–Crippen LogP) is 5.76. The number of carbonyl (C=O) groups excluding carboxylic acids is 1. The van der Waals surface area contributed by atoms with Crippen LogP contribution in [0, 0.1) is 0 Å². The van der Waals surface area contributed by atoms with Gasteiger partial charge in [-0.2, -0.15) is 9.30 Å². The number of amides is 1. The molecule has 0 aliphatic carbocycles. The monoisotopic (exact) mass is 545 g/mol. The third kappa shape index (κ3) is 5.42. The smallest absolute Gasteiger partial charge is 0.279 e. The summed E-state index contributed by atoms with van der Waals surface area (Å²) >= 11 is 13.8. The van der Waals surface area contributed by atoms with Gasteiger partial charge in [0.25, 0.3) is 5.91 Å². The van der Waals surface area contributed by atoms with Crippen molar-refractivity contribution in [2.75, 3.05) is 7.05 Å². The molecule has 0 radical (unpaired) electrons. The van der Waals surface area contributed by atoms with E-state index in [2.05, 4.69) is 11.6 Å². The van der Waals surface area contributed by atoms with Crippen molar-refractivity contribution in [1.29, 1.82) is 0 Å². The number of nitrogens with zero attached hydrogens (tertiary/aromatic N) is 3. The van der Waals surface area contributed by atoms with E-state index in [9.17, 15) is 13.2 Å². The van der Waals surface area contributed by atoms with E-state index < -0.39 is 15.9 Å². The van der Waals surface area contributed by atoms with Crippen molar-refractivity contribution in [1.82, 2.24) is 8.87 Å². The summed E-state index contributed by atoms with van der Waals surface area (Å²) in [5.41, 5.74) is 1.86. The second-order valence-corrected chi connectivity index (χ2v) is 11.6. The molecule has 180 valence electrons. The number of rotatable bonds is 7.